The Bertz CT molecular complexity index is 2070. The van der Waals surface area contributed by atoms with Gasteiger partial charge in [-0.05, 0) is 105 Å². The molecule has 1 saturated heterocycles. The Morgan fingerprint density at radius 1 is 0.900 bits per heavy atom. The van der Waals surface area contributed by atoms with Crippen molar-refractivity contribution in [2.75, 3.05) is 13.7 Å². The number of hydrogen-bond donors (Lipinski definition) is 5. The van der Waals surface area contributed by atoms with Gasteiger partial charge in [0.15, 0.2) is 0 Å². The van der Waals surface area contributed by atoms with Crippen molar-refractivity contribution in [3.63, 3.8) is 0 Å². The molecule has 0 saturated carbocycles. The van der Waals surface area contributed by atoms with Crippen LogP contribution in [0.1, 0.15) is 116 Å². The average molecular weight is 681 g/mol. The lowest BCUT2D eigenvalue weighted by Crippen LogP contribution is -2.24. The van der Waals surface area contributed by atoms with Crippen LogP contribution in [0.5, 0.6) is 0 Å². The molecule has 4 atom stereocenters. The average Bonchev–Trinajstić information content (AvgIpc) is 3.84. The van der Waals surface area contributed by atoms with E-state index in [1.807, 2.05) is 19.9 Å². The zero-order valence-corrected chi connectivity index (χ0v) is 30.9. The lowest BCUT2D eigenvalue weighted by Gasteiger charge is -2.21. The number of aliphatic hydroxyl groups is 1. The Kier molecular flexibility index (Phi) is 9.91. The van der Waals surface area contributed by atoms with Gasteiger partial charge in [-0.25, -0.2) is 0 Å². The third-order valence-corrected chi connectivity index (χ3v) is 11.4. The van der Waals surface area contributed by atoms with Gasteiger partial charge in [-0.2, -0.15) is 0 Å². The molecule has 0 unspecified atom stereocenters. The van der Waals surface area contributed by atoms with E-state index in [1.54, 1.807) is 0 Å². The molecule has 9 nitrogen and oxygen atoms in total. The number of rotatable bonds is 9. The van der Waals surface area contributed by atoms with Crippen LogP contribution in [0.15, 0.2) is 23.0 Å². The summed E-state index contributed by atoms with van der Waals surface area (Å²) in [4.78, 5) is 37.6. The smallest absolute Gasteiger partial charge is 0.316 e. The first-order valence-electron chi connectivity index (χ1n) is 18.1. The highest BCUT2D eigenvalue weighted by Crippen LogP contribution is 2.52. The molecule has 3 aromatic rings. The number of hydrogen-bond acceptors (Lipinski definition) is 6. The molecule has 0 aromatic carbocycles. The van der Waals surface area contributed by atoms with Gasteiger partial charge in [0.05, 0.1) is 18.9 Å². The summed E-state index contributed by atoms with van der Waals surface area (Å²) in [5, 5.41) is 17.7. The fourth-order valence-corrected chi connectivity index (χ4v) is 8.18. The molecule has 3 aromatic heterocycles. The number of nitrogens with one attached hydrogen (secondary N) is 4. The van der Waals surface area contributed by atoms with E-state index in [2.05, 4.69) is 80.0 Å². The fourth-order valence-electron chi connectivity index (χ4n) is 8.18. The van der Waals surface area contributed by atoms with E-state index >= 15 is 0 Å². The van der Waals surface area contributed by atoms with E-state index in [0.29, 0.717) is 17.6 Å². The summed E-state index contributed by atoms with van der Waals surface area (Å²) in [5.41, 5.74) is 13.8. The van der Waals surface area contributed by atoms with Gasteiger partial charge in [0.2, 0.25) is 0 Å². The van der Waals surface area contributed by atoms with E-state index in [0.717, 1.165) is 69.7 Å². The quantitative estimate of drug-likeness (QED) is 0.143. The summed E-state index contributed by atoms with van der Waals surface area (Å²) in [5.74, 6) is -1.87. The molecule has 3 aliphatic rings. The number of allylic oxidation sites excluding steroid dienone is 3. The Hall–Kier alpha value is -4.50. The predicted molar refractivity (Wildman–Crippen MR) is 197 cm³/mol. The second-order valence-electron chi connectivity index (χ2n) is 14.1. The number of aromatic nitrogens is 3. The maximum atomic E-state index is 13.5. The first-order chi connectivity index (χ1) is 23.9. The first-order valence-corrected chi connectivity index (χ1v) is 18.1. The fraction of sp³-hybridized carbons (Fsp3) is 0.463. The number of H-pyrrole nitrogens is 3. The van der Waals surface area contributed by atoms with Crippen molar-refractivity contribution in [2.45, 2.75) is 93.6 Å². The lowest BCUT2D eigenvalue weighted by atomic mass is 9.84. The predicted octanol–water partition coefficient (Wildman–Crippen LogP) is 5.82. The van der Waals surface area contributed by atoms with Crippen molar-refractivity contribution in [1.82, 2.24) is 20.3 Å². The van der Waals surface area contributed by atoms with E-state index in [9.17, 15) is 14.7 Å². The molecule has 1 aliphatic carbocycles. The summed E-state index contributed by atoms with van der Waals surface area (Å²) in [6, 6.07) is 0. The highest BCUT2D eigenvalue weighted by atomic mass is 16.5. The molecule has 2 aliphatic heterocycles. The van der Waals surface area contributed by atoms with Crippen LogP contribution < -0.4 is 16.0 Å². The highest BCUT2D eigenvalue weighted by Gasteiger charge is 2.48. The third kappa shape index (κ3) is 5.99. The van der Waals surface area contributed by atoms with Crippen molar-refractivity contribution in [3.05, 3.63) is 89.9 Å². The van der Waals surface area contributed by atoms with E-state index in [4.69, 9.17) is 9.47 Å². The number of esters is 2. The number of carbonyl (C=O) groups excluding carboxylic acids is 2. The highest BCUT2D eigenvalue weighted by molar-refractivity contribution is 5.95. The summed E-state index contributed by atoms with van der Waals surface area (Å²) in [6.45, 7) is 17.2. The van der Waals surface area contributed by atoms with Gasteiger partial charge < -0.3 is 34.8 Å². The largest absolute Gasteiger partial charge is 0.468 e. The van der Waals surface area contributed by atoms with Crippen LogP contribution in [0, 0.1) is 38.5 Å². The standard InChI is InChI=1S/C41H52N4O5/c1-10-20(4)15-16-50-34(46)14-13-27-23(7)30-17-28-21(5)25(11-2)32(42-28)18-29-22(6)26(12-3)33(43-29)19-31-24(8)35-39(45-31)36(38(27)44-30)37(40(35)47)41(48)49-9/h15,17-19,23,27,37,40,42-45,47H,10-14,16H2,1-9H3/b20-15+,29-18-,30-17-,33-19-,38-36-/t23-,27-,37+,40-/m0/s1. The van der Waals surface area contributed by atoms with Gasteiger partial charge in [-0.3, -0.25) is 9.59 Å². The van der Waals surface area contributed by atoms with Gasteiger partial charge >= 0.3 is 11.9 Å². The second-order valence-corrected chi connectivity index (χ2v) is 14.1. The van der Waals surface area contributed by atoms with Gasteiger partial charge in [0, 0.05) is 68.6 Å². The molecule has 9 heteroatoms. The minimum Gasteiger partial charge on any atom is -0.468 e. The van der Waals surface area contributed by atoms with Crippen LogP contribution in [-0.4, -0.2) is 45.7 Å². The summed E-state index contributed by atoms with van der Waals surface area (Å²) in [6.07, 6.45) is 10.7. The topological polar surface area (TPSA) is 132 Å². The summed E-state index contributed by atoms with van der Waals surface area (Å²) in [7, 11) is 1.36. The van der Waals surface area contributed by atoms with Crippen molar-refractivity contribution in [3.8, 4) is 0 Å². The number of methoxy groups -OCH3 is 1. The minimum atomic E-state index is -1.10. The molecule has 1 fully saturated rings. The monoisotopic (exact) mass is 680 g/mol. The van der Waals surface area contributed by atoms with E-state index in [-0.39, 0.29) is 30.8 Å². The van der Waals surface area contributed by atoms with Crippen LogP contribution in [-0.2, 0) is 31.9 Å². The van der Waals surface area contributed by atoms with Crippen molar-refractivity contribution < 1.29 is 24.2 Å². The Morgan fingerprint density at radius 3 is 2.28 bits per heavy atom. The Labute approximate surface area is 294 Å². The molecule has 0 radical (unpaired) electrons. The van der Waals surface area contributed by atoms with Crippen molar-refractivity contribution in [1.29, 1.82) is 0 Å². The van der Waals surface area contributed by atoms with Crippen molar-refractivity contribution in [2.24, 2.45) is 17.8 Å². The van der Waals surface area contributed by atoms with Crippen LogP contribution in [0.2, 0.25) is 0 Å². The summed E-state index contributed by atoms with van der Waals surface area (Å²) >= 11 is 0. The number of carbonyl (C=O) groups is 2. The van der Waals surface area contributed by atoms with Gasteiger partial charge in [-0.1, -0.05) is 33.3 Å². The molecule has 8 bridgehead atoms. The SMILES string of the molecule is CC/C(C)=C/COC(=O)CC[C@@H]1/C2=C3/c4[nH]c(c(C)c4[C@H](O)[C@@H]3C(=O)OC)/C=c3\[nH]/c(c(C)c3CC)=C\c3[nH]c(c(C)c3CC)/C=C(\N2)[C@H]1C. The first kappa shape index (κ1) is 35.3. The number of aliphatic hydroxyl groups excluding tert-OH is 1. The minimum absolute atomic E-state index is 0.0232. The Balaban J connectivity index is 1.59. The van der Waals surface area contributed by atoms with Crippen LogP contribution in [0.4, 0.5) is 0 Å². The maximum Gasteiger partial charge on any atom is 0.316 e. The van der Waals surface area contributed by atoms with Gasteiger partial charge in [0.25, 0.3) is 0 Å². The number of aromatic amines is 3. The number of ether oxygens (including phenoxy) is 2. The molecule has 50 heavy (non-hydrogen) atoms. The van der Waals surface area contributed by atoms with E-state index in [1.165, 1.54) is 34.9 Å². The normalized spacial score (nSPS) is 24.9. The van der Waals surface area contributed by atoms with Crippen LogP contribution >= 0.6 is 0 Å². The molecule has 5 N–H and O–H groups in total. The lowest BCUT2D eigenvalue weighted by molar-refractivity contribution is -0.146. The van der Waals surface area contributed by atoms with Gasteiger partial charge in [0.1, 0.15) is 12.5 Å². The number of fused-ring (bicyclic) bond motifs is 7. The molecule has 0 amide bonds. The molecular formula is C41H52N4O5. The van der Waals surface area contributed by atoms with Crippen LogP contribution in [0.3, 0.4) is 0 Å². The van der Waals surface area contributed by atoms with Crippen molar-refractivity contribution >= 4 is 35.7 Å². The summed E-state index contributed by atoms with van der Waals surface area (Å²) < 4.78 is 10.9. The maximum absolute atomic E-state index is 13.5. The molecule has 5 heterocycles. The third-order valence-electron chi connectivity index (χ3n) is 11.4. The second kappa shape index (κ2) is 14.0. The molecule has 6 rings (SSSR count). The molecular weight excluding hydrogens is 628 g/mol. The zero-order chi connectivity index (χ0) is 36.0. The zero-order valence-electron chi connectivity index (χ0n) is 30.9. The van der Waals surface area contributed by atoms with E-state index < -0.39 is 18.0 Å². The van der Waals surface area contributed by atoms with Gasteiger partial charge in [-0.15, -0.1) is 0 Å². The molecule has 266 valence electrons. The molecule has 0 spiro atoms. The Morgan fingerprint density at radius 2 is 1.60 bits per heavy atom. The van der Waals surface area contributed by atoms with Crippen LogP contribution in [0.25, 0.3) is 23.8 Å².